The molecule has 0 fully saturated rings. The van der Waals surface area contributed by atoms with Crippen molar-refractivity contribution in [3.63, 3.8) is 0 Å². The van der Waals surface area contributed by atoms with Crippen LogP contribution in [0.1, 0.15) is 61.1 Å². The molecule has 0 spiro atoms. The highest BCUT2D eigenvalue weighted by atomic mass is 14.9. The summed E-state index contributed by atoms with van der Waals surface area (Å²) >= 11 is 0. The summed E-state index contributed by atoms with van der Waals surface area (Å²) in [5.74, 6) is 1.38. The Balaban J connectivity index is 0.000000157. The van der Waals surface area contributed by atoms with E-state index in [0.717, 1.165) is 95.1 Å². The van der Waals surface area contributed by atoms with Gasteiger partial charge >= 0.3 is 0 Å². The van der Waals surface area contributed by atoms with Crippen LogP contribution in [-0.2, 0) is 10.8 Å². The predicted molar refractivity (Wildman–Crippen MR) is 459 cm³/mol. The summed E-state index contributed by atoms with van der Waals surface area (Å²) < 4.78 is 0. The molecule has 15 aromatic carbocycles. The third-order valence-corrected chi connectivity index (χ3v) is 22.3. The van der Waals surface area contributed by atoms with Gasteiger partial charge in [-0.1, -0.05) is 337 Å². The second-order valence-corrected chi connectivity index (χ2v) is 30.0. The van der Waals surface area contributed by atoms with E-state index in [-0.39, 0.29) is 10.8 Å². The van der Waals surface area contributed by atoms with Gasteiger partial charge in [0.25, 0.3) is 0 Å². The van der Waals surface area contributed by atoms with Crippen LogP contribution in [0.15, 0.2) is 376 Å². The minimum atomic E-state index is -0.157. The highest BCUT2D eigenvalue weighted by molar-refractivity contribution is 5.89. The van der Waals surface area contributed by atoms with Crippen LogP contribution in [0.4, 0.5) is 0 Å². The van der Waals surface area contributed by atoms with Crippen molar-refractivity contribution in [1.29, 1.82) is 10.5 Å². The zero-order chi connectivity index (χ0) is 75.9. The van der Waals surface area contributed by atoms with Crippen molar-refractivity contribution in [2.45, 2.75) is 38.5 Å². The molecule has 112 heavy (non-hydrogen) atoms. The van der Waals surface area contributed by atoms with Crippen molar-refractivity contribution < 1.29 is 0 Å². The van der Waals surface area contributed by atoms with Gasteiger partial charge in [0.05, 0.1) is 46.0 Å². The van der Waals surface area contributed by atoms with Crippen LogP contribution in [0.5, 0.6) is 0 Å². The number of hydrogen-bond acceptors (Lipinski definition) is 6. The second kappa shape index (κ2) is 29.2. The van der Waals surface area contributed by atoms with Gasteiger partial charge in [-0.3, -0.25) is 0 Å². The van der Waals surface area contributed by atoms with Gasteiger partial charge in [-0.05, 0) is 189 Å². The molecule has 0 amide bonds. The molecular weight excluding hydrogens is 1360 g/mol. The SMILES string of the molecule is CC1(C)c2ccc(-c3ccc(-c4cccc(-c5cc(-c6ccc(-c7ccccc7)cc6)nc(-c6ccc(-c7ccccc7)cc6)n5)c4)cc3)cc2-c2ccc(C#N)cc21.CC1(C)c2ccc(-c3ccc(-c4cccc(-c5cc(-c6cccc(-c7ccccc7)c6)nc(-c6ccccc6)n5)c4)cc3)cc2-c2ccc(C#N)cc21. The topological polar surface area (TPSA) is 99.1 Å². The van der Waals surface area contributed by atoms with E-state index in [1.807, 2.05) is 60.7 Å². The zero-order valence-electron chi connectivity index (χ0n) is 62.5. The molecule has 0 saturated carbocycles. The first-order valence-electron chi connectivity index (χ1n) is 38.0. The lowest BCUT2D eigenvalue weighted by Gasteiger charge is -2.21. The van der Waals surface area contributed by atoms with Crippen molar-refractivity contribution in [1.82, 2.24) is 19.9 Å². The molecule has 0 aliphatic heterocycles. The number of hydrogen-bond donors (Lipinski definition) is 0. The van der Waals surface area contributed by atoms with Gasteiger partial charge < -0.3 is 0 Å². The zero-order valence-corrected chi connectivity index (χ0v) is 62.5. The molecule has 0 radical (unpaired) electrons. The Kier molecular flexibility index (Phi) is 18.0. The van der Waals surface area contributed by atoms with E-state index in [1.54, 1.807) is 0 Å². The van der Waals surface area contributed by atoms with E-state index < -0.39 is 0 Å². The monoisotopic (exact) mass is 1430 g/mol. The Hall–Kier alpha value is -14.6. The van der Waals surface area contributed by atoms with Crippen molar-refractivity contribution >= 4 is 0 Å². The predicted octanol–water partition coefficient (Wildman–Crippen LogP) is 27.0. The smallest absolute Gasteiger partial charge is 0.160 e. The van der Waals surface area contributed by atoms with E-state index in [0.29, 0.717) is 22.8 Å². The molecule has 19 rings (SSSR count). The number of aromatic nitrogens is 4. The lowest BCUT2D eigenvalue weighted by atomic mass is 9.81. The van der Waals surface area contributed by atoms with Gasteiger partial charge in [0, 0.05) is 44.2 Å². The molecular formula is C106H74N6. The minimum Gasteiger partial charge on any atom is -0.228 e. The van der Waals surface area contributed by atoms with Crippen LogP contribution >= 0.6 is 0 Å². The Morgan fingerprint density at radius 3 is 0.768 bits per heavy atom. The van der Waals surface area contributed by atoms with Gasteiger partial charge in [-0.15, -0.1) is 0 Å². The van der Waals surface area contributed by atoms with Gasteiger partial charge in [0.1, 0.15) is 0 Å². The van der Waals surface area contributed by atoms with Crippen molar-refractivity contribution in [3.8, 4) is 180 Å². The van der Waals surface area contributed by atoms with Crippen LogP contribution < -0.4 is 0 Å². The van der Waals surface area contributed by atoms with E-state index in [9.17, 15) is 10.5 Å². The maximum absolute atomic E-state index is 9.56. The van der Waals surface area contributed by atoms with Gasteiger partial charge in [-0.2, -0.15) is 10.5 Å². The Labute approximate surface area is 654 Å². The second-order valence-electron chi connectivity index (χ2n) is 30.0. The molecule has 2 aliphatic rings. The summed E-state index contributed by atoms with van der Waals surface area (Å²) in [4.78, 5) is 20.5. The Bertz CT molecular complexity index is 6410. The first-order valence-corrected chi connectivity index (χ1v) is 38.0. The average Bonchev–Trinajstić information content (AvgIpc) is 1.58. The minimum absolute atomic E-state index is 0.149. The summed E-state index contributed by atoms with van der Waals surface area (Å²) in [6, 6.07) is 137. The number of fused-ring (bicyclic) bond motifs is 6. The maximum Gasteiger partial charge on any atom is 0.160 e. The lowest BCUT2D eigenvalue weighted by molar-refractivity contribution is 0.660. The van der Waals surface area contributed by atoms with Crippen molar-refractivity contribution in [2.75, 3.05) is 0 Å². The molecule has 2 aliphatic carbocycles. The van der Waals surface area contributed by atoms with E-state index in [4.69, 9.17) is 19.9 Å². The Morgan fingerprint density at radius 2 is 0.429 bits per heavy atom. The fourth-order valence-corrected chi connectivity index (χ4v) is 16.2. The first kappa shape index (κ1) is 69.2. The van der Waals surface area contributed by atoms with E-state index in [2.05, 4.69) is 355 Å². The quantitative estimate of drug-likeness (QED) is 0.114. The summed E-state index contributed by atoms with van der Waals surface area (Å²) in [5.41, 5.74) is 36.8. The summed E-state index contributed by atoms with van der Waals surface area (Å²) in [6.45, 7) is 8.99. The van der Waals surface area contributed by atoms with E-state index in [1.165, 1.54) is 83.5 Å². The van der Waals surface area contributed by atoms with Crippen molar-refractivity contribution in [3.05, 3.63) is 409 Å². The third kappa shape index (κ3) is 13.5. The molecule has 0 N–H and O–H groups in total. The maximum atomic E-state index is 9.56. The molecule has 0 unspecified atom stereocenters. The van der Waals surface area contributed by atoms with Crippen LogP contribution in [0.2, 0.25) is 0 Å². The number of nitriles is 2. The Morgan fingerprint density at radius 1 is 0.188 bits per heavy atom. The molecule has 0 saturated heterocycles. The highest BCUT2D eigenvalue weighted by Crippen LogP contribution is 2.52. The molecule has 17 aromatic rings. The standard InChI is InChI=1S/C56H39N3.C50H35N3/c1-56(2)51-31-29-47(34-50(51)49-30-16-37(36-57)32-52(49)56)43-19-17-42(18-20-43)46-14-9-15-48(33-46)54-35-53(44-25-21-40(22-26-44)38-10-5-3-6-11-38)58-55(59-54)45-27-23-41(24-28-45)39-12-7-4-8-13-39;1-50(2)45-26-24-40(30-44(45)43-25-19-33(32-51)27-46(43)50)36-22-20-35(21-23-36)39-16-10-18-42(29-39)48-31-47(52-49(53-48)37-13-7-4-8-14-37)41-17-9-15-38(28-41)34-11-5-3-6-12-34/h3-35H,1-2H3;3-31H,1-2H3. The first-order chi connectivity index (χ1) is 54.8. The van der Waals surface area contributed by atoms with E-state index >= 15 is 0 Å². The van der Waals surface area contributed by atoms with Crippen LogP contribution in [0, 0.1) is 22.7 Å². The molecule has 6 heteroatoms. The molecule has 2 heterocycles. The fraction of sp³-hybridized carbons (Fsp3) is 0.0566. The van der Waals surface area contributed by atoms with Gasteiger partial charge in [-0.25, -0.2) is 19.9 Å². The fourth-order valence-electron chi connectivity index (χ4n) is 16.2. The average molecular weight is 1430 g/mol. The van der Waals surface area contributed by atoms with Crippen molar-refractivity contribution in [2.24, 2.45) is 0 Å². The van der Waals surface area contributed by atoms with Crippen LogP contribution in [0.25, 0.3) is 168 Å². The third-order valence-electron chi connectivity index (χ3n) is 22.3. The van der Waals surface area contributed by atoms with Gasteiger partial charge in [0.2, 0.25) is 0 Å². The summed E-state index contributed by atoms with van der Waals surface area (Å²) in [7, 11) is 0. The largest absolute Gasteiger partial charge is 0.228 e. The van der Waals surface area contributed by atoms with Crippen LogP contribution in [-0.4, -0.2) is 19.9 Å². The normalized spacial score (nSPS) is 12.4. The number of nitrogens with zero attached hydrogens (tertiary/aromatic N) is 6. The molecule has 528 valence electrons. The summed E-state index contributed by atoms with van der Waals surface area (Å²) in [6.07, 6.45) is 0. The molecule has 0 atom stereocenters. The molecule has 2 aromatic heterocycles. The lowest BCUT2D eigenvalue weighted by Crippen LogP contribution is -2.15. The number of benzene rings is 15. The highest BCUT2D eigenvalue weighted by Gasteiger charge is 2.37. The number of rotatable bonds is 13. The summed E-state index contributed by atoms with van der Waals surface area (Å²) in [5, 5.41) is 19.1. The molecule has 6 nitrogen and oxygen atoms in total. The molecule has 0 bridgehead atoms. The van der Waals surface area contributed by atoms with Crippen LogP contribution in [0.3, 0.4) is 0 Å². The van der Waals surface area contributed by atoms with Gasteiger partial charge in [0.15, 0.2) is 11.6 Å².